The summed E-state index contributed by atoms with van der Waals surface area (Å²) in [5, 5.41) is 11.3. The summed E-state index contributed by atoms with van der Waals surface area (Å²) in [5.74, 6) is -1.68. The van der Waals surface area contributed by atoms with E-state index in [2.05, 4.69) is 4.98 Å². The standard InChI is InChI=1S/C17H11F4NO3S/c18-10-2-1-8(7-9(10)17(19,20)21)14-15-11(3-4-13(15)23)22-12-5-6-26(24,25)16(12)14/h1-7,22-25H. The number of pyridine rings is 1. The lowest BCUT2D eigenvalue weighted by Crippen LogP contribution is -2.09. The number of hydrogen-bond acceptors (Lipinski definition) is 3. The van der Waals surface area contributed by atoms with Crippen molar-refractivity contribution in [3.05, 3.63) is 52.8 Å². The van der Waals surface area contributed by atoms with Gasteiger partial charge in [-0.3, -0.25) is 9.11 Å². The van der Waals surface area contributed by atoms with E-state index in [4.69, 9.17) is 0 Å². The molecule has 2 heterocycles. The fraction of sp³-hybridized carbons (Fsp3) is 0.0588. The first-order valence-electron chi connectivity index (χ1n) is 7.31. The van der Waals surface area contributed by atoms with Crippen LogP contribution in [-0.2, 0) is 6.18 Å². The molecule has 0 spiro atoms. The maximum atomic E-state index is 13.7. The van der Waals surface area contributed by atoms with Gasteiger partial charge in [0.1, 0.15) is 11.6 Å². The fourth-order valence-electron chi connectivity index (χ4n) is 3.12. The molecule has 0 fully saturated rings. The minimum absolute atomic E-state index is 0.0201. The SMILES string of the molecule is Oc1ccc2[nH]c3c(c(-c4ccc(F)c(C(F)(F)F)c4)c1-2)S(O)(O)C=C3. The zero-order valence-electron chi connectivity index (χ0n) is 12.8. The summed E-state index contributed by atoms with van der Waals surface area (Å²) in [6.45, 7) is 0. The Kier molecular flexibility index (Phi) is 3.43. The third kappa shape index (κ3) is 2.39. The molecule has 0 saturated carbocycles. The number of hydrogen-bond donors (Lipinski definition) is 4. The van der Waals surface area contributed by atoms with Gasteiger partial charge < -0.3 is 10.1 Å². The van der Waals surface area contributed by atoms with Crippen LogP contribution in [0.5, 0.6) is 5.75 Å². The van der Waals surface area contributed by atoms with E-state index >= 15 is 0 Å². The molecule has 4 rings (SSSR count). The second-order valence-corrected chi connectivity index (χ2v) is 7.70. The number of benzene rings is 1. The lowest BCUT2D eigenvalue weighted by Gasteiger charge is -2.29. The van der Waals surface area contributed by atoms with Crippen molar-refractivity contribution in [2.24, 2.45) is 0 Å². The van der Waals surface area contributed by atoms with Gasteiger partial charge in [0.25, 0.3) is 0 Å². The molecule has 0 aromatic heterocycles. The number of H-pyrrole nitrogens is 1. The van der Waals surface area contributed by atoms with Gasteiger partial charge in [-0.25, -0.2) is 4.39 Å². The molecule has 4 N–H and O–H groups in total. The number of aromatic nitrogens is 1. The van der Waals surface area contributed by atoms with Gasteiger partial charge >= 0.3 is 6.18 Å². The Morgan fingerprint density at radius 1 is 1.00 bits per heavy atom. The van der Waals surface area contributed by atoms with Crippen LogP contribution in [0.4, 0.5) is 17.6 Å². The zero-order chi connectivity index (χ0) is 18.9. The second-order valence-electron chi connectivity index (χ2n) is 5.84. The predicted octanol–water partition coefficient (Wildman–Crippen LogP) is 5.74. The molecular formula is C17H11F4NO3S. The Hall–Kier alpha value is -2.49. The van der Waals surface area contributed by atoms with Gasteiger partial charge in [0.15, 0.2) is 0 Å². The van der Waals surface area contributed by atoms with E-state index in [0.717, 1.165) is 11.5 Å². The van der Waals surface area contributed by atoms with E-state index in [1.807, 2.05) is 0 Å². The van der Waals surface area contributed by atoms with Crippen LogP contribution in [0.3, 0.4) is 0 Å². The Bertz CT molecular complexity index is 1040. The molecule has 0 amide bonds. The minimum atomic E-state index is -4.92. The van der Waals surface area contributed by atoms with Crippen LogP contribution >= 0.6 is 10.6 Å². The smallest absolute Gasteiger partial charge is 0.419 e. The average molecular weight is 385 g/mol. The second kappa shape index (κ2) is 5.26. The van der Waals surface area contributed by atoms with E-state index in [9.17, 15) is 31.8 Å². The van der Waals surface area contributed by atoms with Crippen molar-refractivity contribution in [3.8, 4) is 28.1 Å². The van der Waals surface area contributed by atoms with Crippen molar-refractivity contribution < 1.29 is 31.8 Å². The van der Waals surface area contributed by atoms with Gasteiger partial charge in [0.2, 0.25) is 0 Å². The highest BCUT2D eigenvalue weighted by molar-refractivity contribution is 8.27. The minimum Gasteiger partial charge on any atom is -0.507 e. The Morgan fingerprint density at radius 2 is 1.73 bits per heavy atom. The van der Waals surface area contributed by atoms with Crippen LogP contribution in [0.25, 0.3) is 28.5 Å². The largest absolute Gasteiger partial charge is 0.507 e. The zero-order valence-corrected chi connectivity index (χ0v) is 13.6. The quantitative estimate of drug-likeness (QED) is 0.403. The highest BCUT2D eigenvalue weighted by atomic mass is 32.3. The lowest BCUT2D eigenvalue weighted by molar-refractivity contribution is -0.139. The van der Waals surface area contributed by atoms with Crippen molar-refractivity contribution in [3.63, 3.8) is 0 Å². The number of rotatable bonds is 1. The molecule has 4 nitrogen and oxygen atoms in total. The summed E-state index contributed by atoms with van der Waals surface area (Å²) in [6, 6.07) is 5.23. The van der Waals surface area contributed by atoms with E-state index < -0.39 is 28.1 Å². The average Bonchev–Trinajstić information content (AvgIpc) is 3.06. The summed E-state index contributed by atoms with van der Waals surface area (Å²) in [4.78, 5) is 2.87. The van der Waals surface area contributed by atoms with Crippen LogP contribution < -0.4 is 0 Å². The summed E-state index contributed by atoms with van der Waals surface area (Å²) in [7, 11) is -3.43. The van der Waals surface area contributed by atoms with Crippen LogP contribution in [-0.4, -0.2) is 19.2 Å². The number of halogens is 4. The first-order valence-corrected chi connectivity index (χ1v) is 8.92. The predicted molar refractivity (Wildman–Crippen MR) is 89.6 cm³/mol. The molecule has 2 aliphatic heterocycles. The van der Waals surface area contributed by atoms with Crippen molar-refractivity contribution in [1.82, 2.24) is 4.98 Å². The molecule has 26 heavy (non-hydrogen) atoms. The first kappa shape index (κ1) is 17.0. The van der Waals surface area contributed by atoms with E-state index in [-0.39, 0.29) is 27.3 Å². The molecule has 0 bridgehead atoms. The molecule has 1 aromatic carbocycles. The fourth-order valence-corrected chi connectivity index (χ4v) is 4.54. The van der Waals surface area contributed by atoms with Crippen LogP contribution in [0, 0.1) is 5.82 Å². The van der Waals surface area contributed by atoms with Gasteiger partial charge in [-0.2, -0.15) is 13.2 Å². The third-order valence-corrected chi connectivity index (χ3v) is 5.75. The summed E-state index contributed by atoms with van der Waals surface area (Å²) in [6.07, 6.45) is -3.51. The highest BCUT2D eigenvalue weighted by Crippen LogP contribution is 2.62. The number of aromatic amines is 1. The van der Waals surface area contributed by atoms with E-state index in [0.29, 0.717) is 23.5 Å². The molecule has 0 unspecified atom stereocenters. The maximum absolute atomic E-state index is 13.7. The van der Waals surface area contributed by atoms with Crippen molar-refractivity contribution in [2.45, 2.75) is 11.1 Å². The summed E-state index contributed by atoms with van der Waals surface area (Å²) in [5.41, 5.74) is -0.705. The van der Waals surface area contributed by atoms with Crippen LogP contribution in [0.1, 0.15) is 11.3 Å². The number of fused-ring (bicyclic) bond motifs is 2. The molecule has 1 aliphatic carbocycles. The molecule has 136 valence electrons. The van der Waals surface area contributed by atoms with Gasteiger partial charge in [-0.1, -0.05) is 6.07 Å². The third-order valence-electron chi connectivity index (χ3n) is 4.21. The van der Waals surface area contributed by atoms with Gasteiger partial charge in [-0.15, -0.1) is 10.6 Å². The molecule has 1 aromatic rings. The van der Waals surface area contributed by atoms with E-state index in [1.54, 1.807) is 0 Å². The van der Waals surface area contributed by atoms with Crippen molar-refractivity contribution in [1.29, 1.82) is 0 Å². The van der Waals surface area contributed by atoms with E-state index in [1.165, 1.54) is 18.2 Å². The number of alkyl halides is 3. The normalized spacial score (nSPS) is 16.8. The highest BCUT2D eigenvalue weighted by Gasteiger charge is 2.36. The first-order chi connectivity index (χ1) is 12.1. The molecule has 0 atom stereocenters. The van der Waals surface area contributed by atoms with Gasteiger partial charge in [0.05, 0.1) is 21.8 Å². The van der Waals surface area contributed by atoms with Gasteiger partial charge in [0, 0.05) is 16.5 Å². The van der Waals surface area contributed by atoms with Gasteiger partial charge in [-0.05, 0) is 35.9 Å². The Morgan fingerprint density at radius 3 is 2.42 bits per heavy atom. The van der Waals surface area contributed by atoms with Crippen molar-refractivity contribution >= 4 is 16.7 Å². The monoisotopic (exact) mass is 385 g/mol. The van der Waals surface area contributed by atoms with Crippen LogP contribution in [0.15, 0.2) is 40.6 Å². The topological polar surface area (TPSA) is 76.5 Å². The lowest BCUT2D eigenvalue weighted by atomic mass is 9.96. The number of aromatic hydroxyl groups is 1. The molecule has 0 saturated heterocycles. The van der Waals surface area contributed by atoms with Crippen LogP contribution in [0.2, 0.25) is 0 Å². The summed E-state index contributed by atoms with van der Waals surface area (Å²) >= 11 is 0. The number of nitrogens with one attached hydrogen (secondary N) is 1. The Balaban J connectivity index is 2.10. The molecule has 3 aliphatic rings. The summed E-state index contributed by atoms with van der Waals surface area (Å²) < 4.78 is 73.6. The molecular weight excluding hydrogens is 374 g/mol. The molecule has 9 heteroatoms. The maximum Gasteiger partial charge on any atom is 0.419 e. The Labute approximate surface area is 146 Å². The molecule has 0 radical (unpaired) electrons. The van der Waals surface area contributed by atoms with Crippen molar-refractivity contribution in [2.75, 3.05) is 0 Å².